The fourth-order valence-corrected chi connectivity index (χ4v) is 3.85. The number of thiophene rings is 1. The van der Waals surface area contributed by atoms with Gasteiger partial charge in [-0.25, -0.2) is 9.18 Å². The molecule has 4 rings (SSSR count). The molecule has 2 aromatic carbocycles. The maximum Gasteiger partial charge on any atom is 0.341 e. The molecule has 8 heteroatoms. The van der Waals surface area contributed by atoms with Gasteiger partial charge in [-0.3, -0.25) is 9.89 Å². The lowest BCUT2D eigenvalue weighted by molar-refractivity contribution is -0.125. The fraction of sp³-hybridized carbons (Fsp3) is 0.105. The van der Waals surface area contributed by atoms with Crippen molar-refractivity contribution in [1.82, 2.24) is 10.2 Å². The van der Waals surface area contributed by atoms with Crippen molar-refractivity contribution < 1.29 is 18.7 Å². The van der Waals surface area contributed by atoms with Crippen molar-refractivity contribution >= 4 is 44.2 Å². The summed E-state index contributed by atoms with van der Waals surface area (Å²) in [5.41, 5.74) is 5.69. The van der Waals surface area contributed by atoms with Gasteiger partial charge < -0.3 is 10.5 Å². The molecular formula is C19H14FN3O3S. The number of fused-ring (bicyclic) bond motifs is 2. The number of carbonyl (C=O) groups excluding carboxylic acids is 2. The quantitative estimate of drug-likeness (QED) is 0.526. The van der Waals surface area contributed by atoms with E-state index in [9.17, 15) is 9.59 Å². The summed E-state index contributed by atoms with van der Waals surface area (Å²) in [5, 5.41) is 8.24. The molecule has 0 radical (unpaired) electrons. The predicted octanol–water partition coefficient (Wildman–Crippen LogP) is 3.61. The van der Waals surface area contributed by atoms with E-state index in [1.165, 1.54) is 24.3 Å². The number of hydrogen-bond donors (Lipinski definition) is 2. The molecule has 136 valence electrons. The largest absolute Gasteiger partial charge is 0.449 e. The van der Waals surface area contributed by atoms with Crippen molar-refractivity contribution in [2.45, 2.75) is 13.0 Å². The Labute approximate surface area is 156 Å². The maximum atomic E-state index is 15.1. The minimum Gasteiger partial charge on any atom is -0.449 e. The van der Waals surface area contributed by atoms with E-state index in [2.05, 4.69) is 10.2 Å². The molecule has 0 aliphatic heterocycles. The summed E-state index contributed by atoms with van der Waals surface area (Å²) in [4.78, 5) is 24.1. The Kier molecular flexibility index (Phi) is 4.12. The smallest absolute Gasteiger partial charge is 0.341 e. The van der Waals surface area contributed by atoms with E-state index in [1.807, 2.05) is 30.3 Å². The molecular weight excluding hydrogens is 369 g/mol. The summed E-state index contributed by atoms with van der Waals surface area (Å²) < 4.78 is 21.1. The molecule has 1 atom stereocenters. The molecule has 3 N–H and O–H groups in total. The Balaban J connectivity index is 1.82. The molecule has 4 aromatic rings. The molecule has 27 heavy (non-hydrogen) atoms. The van der Waals surface area contributed by atoms with E-state index < -0.39 is 23.8 Å². The lowest BCUT2D eigenvalue weighted by Crippen LogP contribution is -2.30. The number of primary amides is 1. The number of nitrogens with two attached hydrogens (primary N) is 1. The molecule has 0 fully saturated rings. The summed E-state index contributed by atoms with van der Waals surface area (Å²) in [6, 6.07) is 12.6. The van der Waals surface area contributed by atoms with Crippen LogP contribution in [0.4, 0.5) is 4.39 Å². The van der Waals surface area contributed by atoms with Gasteiger partial charge in [-0.05, 0) is 36.6 Å². The first-order valence-corrected chi connectivity index (χ1v) is 8.93. The summed E-state index contributed by atoms with van der Waals surface area (Å²) in [6.45, 7) is 1.33. The number of rotatable bonds is 4. The normalized spacial score (nSPS) is 12.4. The van der Waals surface area contributed by atoms with Gasteiger partial charge in [-0.1, -0.05) is 18.2 Å². The van der Waals surface area contributed by atoms with E-state index in [1.54, 1.807) is 6.07 Å². The number of halogens is 1. The molecule has 0 saturated heterocycles. The highest BCUT2D eigenvalue weighted by atomic mass is 32.1. The van der Waals surface area contributed by atoms with Crippen molar-refractivity contribution in [3.8, 4) is 10.6 Å². The van der Waals surface area contributed by atoms with E-state index >= 15 is 4.39 Å². The minimum atomic E-state index is -1.15. The Morgan fingerprint density at radius 2 is 2.04 bits per heavy atom. The van der Waals surface area contributed by atoms with Gasteiger partial charge in [0.15, 0.2) is 6.10 Å². The van der Waals surface area contributed by atoms with Crippen LogP contribution < -0.4 is 5.73 Å². The molecule has 0 spiro atoms. The number of carbonyl (C=O) groups is 2. The van der Waals surface area contributed by atoms with Crippen LogP contribution in [0, 0.1) is 5.82 Å². The lowest BCUT2D eigenvalue weighted by Gasteiger charge is -2.10. The average molecular weight is 383 g/mol. The zero-order chi connectivity index (χ0) is 19.1. The van der Waals surface area contributed by atoms with Gasteiger partial charge in [-0.15, -0.1) is 11.3 Å². The minimum absolute atomic E-state index is 0.197. The van der Waals surface area contributed by atoms with Crippen molar-refractivity contribution in [3.63, 3.8) is 0 Å². The van der Waals surface area contributed by atoms with E-state index in [4.69, 9.17) is 10.5 Å². The Hall–Kier alpha value is -3.26. The van der Waals surface area contributed by atoms with Crippen LogP contribution in [-0.4, -0.2) is 28.2 Å². The van der Waals surface area contributed by atoms with Gasteiger partial charge in [0.1, 0.15) is 11.5 Å². The Morgan fingerprint density at radius 3 is 2.78 bits per heavy atom. The zero-order valence-electron chi connectivity index (χ0n) is 14.2. The number of esters is 1. The zero-order valence-corrected chi connectivity index (χ0v) is 15.0. The van der Waals surface area contributed by atoms with Gasteiger partial charge in [0, 0.05) is 4.70 Å². The molecule has 0 saturated carbocycles. The molecule has 0 unspecified atom stereocenters. The van der Waals surface area contributed by atoms with Crippen molar-refractivity contribution in [1.29, 1.82) is 0 Å². The third-order valence-corrected chi connectivity index (χ3v) is 5.35. The van der Waals surface area contributed by atoms with Gasteiger partial charge in [0.05, 0.1) is 21.3 Å². The monoisotopic (exact) mass is 383 g/mol. The molecule has 2 aromatic heterocycles. The number of nitrogens with zero attached hydrogens (tertiary/aromatic N) is 1. The molecule has 0 aliphatic rings. The molecule has 0 bridgehead atoms. The van der Waals surface area contributed by atoms with Gasteiger partial charge in [0.2, 0.25) is 0 Å². The molecule has 2 heterocycles. The van der Waals surface area contributed by atoms with E-state index in [0.29, 0.717) is 11.2 Å². The van der Waals surface area contributed by atoms with Crippen LogP contribution in [0.2, 0.25) is 0 Å². The number of benzene rings is 2. The SMILES string of the molecule is C[C@H](OC(=O)c1ccc2[nH]nc(-c3cc4ccccc4s3)c2c1F)C(N)=O. The molecule has 0 aliphatic carbocycles. The van der Waals surface area contributed by atoms with Crippen molar-refractivity contribution in [2.75, 3.05) is 0 Å². The van der Waals surface area contributed by atoms with Crippen LogP contribution in [-0.2, 0) is 9.53 Å². The number of aromatic amines is 1. The van der Waals surface area contributed by atoms with Crippen LogP contribution in [0.15, 0.2) is 42.5 Å². The van der Waals surface area contributed by atoms with Crippen LogP contribution in [0.25, 0.3) is 31.6 Å². The average Bonchev–Trinajstić information content (AvgIpc) is 3.25. The highest BCUT2D eigenvalue weighted by Gasteiger charge is 2.23. The van der Waals surface area contributed by atoms with E-state index in [0.717, 1.165) is 15.0 Å². The Morgan fingerprint density at radius 1 is 1.26 bits per heavy atom. The standard InChI is InChI=1S/C19H14FN3O3S/c1-9(18(21)24)26-19(25)11-6-7-12-15(16(11)20)17(23-22-12)14-8-10-4-2-3-5-13(10)27-14/h2-9H,1H3,(H2,21,24)(H,22,23)/t9-/m0/s1. The highest BCUT2D eigenvalue weighted by molar-refractivity contribution is 7.22. The van der Waals surface area contributed by atoms with Gasteiger partial charge >= 0.3 is 5.97 Å². The van der Waals surface area contributed by atoms with Crippen LogP contribution in [0.1, 0.15) is 17.3 Å². The molecule has 1 amide bonds. The van der Waals surface area contributed by atoms with Gasteiger partial charge in [0.25, 0.3) is 5.91 Å². The van der Waals surface area contributed by atoms with Crippen molar-refractivity contribution in [3.05, 3.63) is 53.8 Å². The number of ether oxygens (including phenoxy) is 1. The first kappa shape index (κ1) is 17.2. The summed E-state index contributed by atoms with van der Waals surface area (Å²) in [7, 11) is 0. The van der Waals surface area contributed by atoms with Crippen molar-refractivity contribution in [2.24, 2.45) is 5.73 Å². The number of hydrogen-bond acceptors (Lipinski definition) is 5. The third kappa shape index (κ3) is 2.93. The lowest BCUT2D eigenvalue weighted by atomic mass is 10.1. The van der Waals surface area contributed by atoms with E-state index in [-0.39, 0.29) is 10.9 Å². The molecule has 6 nitrogen and oxygen atoms in total. The third-order valence-electron chi connectivity index (χ3n) is 4.23. The number of aromatic nitrogens is 2. The number of amides is 1. The summed E-state index contributed by atoms with van der Waals surface area (Å²) in [5.74, 6) is -2.52. The second-order valence-electron chi connectivity index (χ2n) is 6.02. The van der Waals surface area contributed by atoms with Crippen LogP contribution in [0.3, 0.4) is 0 Å². The second-order valence-corrected chi connectivity index (χ2v) is 7.10. The maximum absolute atomic E-state index is 15.1. The van der Waals surface area contributed by atoms with Crippen LogP contribution >= 0.6 is 11.3 Å². The highest BCUT2D eigenvalue weighted by Crippen LogP contribution is 2.37. The number of H-pyrrole nitrogens is 1. The topological polar surface area (TPSA) is 98.1 Å². The summed E-state index contributed by atoms with van der Waals surface area (Å²) in [6.07, 6.45) is -1.15. The first-order valence-electron chi connectivity index (χ1n) is 8.11. The number of nitrogens with one attached hydrogen (secondary N) is 1. The predicted molar refractivity (Wildman–Crippen MR) is 101 cm³/mol. The second kappa shape index (κ2) is 6.48. The fourth-order valence-electron chi connectivity index (χ4n) is 2.79. The summed E-state index contributed by atoms with van der Waals surface area (Å²) >= 11 is 1.48. The van der Waals surface area contributed by atoms with Crippen LogP contribution in [0.5, 0.6) is 0 Å². The Bertz CT molecular complexity index is 1160. The first-order chi connectivity index (χ1) is 13.0. The van der Waals surface area contributed by atoms with Gasteiger partial charge in [-0.2, -0.15) is 5.10 Å².